The van der Waals surface area contributed by atoms with Crippen LogP contribution in [0.25, 0.3) is 10.2 Å². The van der Waals surface area contributed by atoms with Crippen molar-refractivity contribution in [1.82, 2.24) is 4.57 Å². The molecule has 0 atom stereocenters. The van der Waals surface area contributed by atoms with E-state index in [-0.39, 0.29) is 58.3 Å². The Morgan fingerprint density at radius 2 is 1.54 bits per heavy atom. The zero-order valence-electron chi connectivity index (χ0n) is 16.1. The highest BCUT2D eigenvalue weighted by atomic mass is 32.1. The van der Waals surface area contributed by atoms with Crippen molar-refractivity contribution in [1.29, 1.82) is 0 Å². The van der Waals surface area contributed by atoms with Gasteiger partial charge in [0.05, 0.1) is 31.9 Å². The first-order valence-corrected chi connectivity index (χ1v) is 9.56. The molecular weight excluding hydrogens is 388 g/mol. The lowest BCUT2D eigenvalue weighted by atomic mass is 10.1. The number of anilines is 1. The maximum absolute atomic E-state index is 12.4. The van der Waals surface area contributed by atoms with Crippen molar-refractivity contribution in [2.75, 3.05) is 25.6 Å². The number of hydrogen-bond donors (Lipinski definition) is 1. The molecule has 0 amide bonds. The van der Waals surface area contributed by atoms with Crippen LogP contribution in [-0.4, -0.2) is 48.2 Å². The maximum atomic E-state index is 12.4. The Hall–Kier alpha value is -2.88. The minimum Gasteiger partial charge on any atom is -0.466 e. The molecule has 0 aliphatic rings. The summed E-state index contributed by atoms with van der Waals surface area (Å²) in [5, 5.41) is 0.277. The standard InChI is InChI=1S/C18H22N2O7S/c1-5-25-11(22)8-10-12-13(19)14(17(23)26-6-2)20(9(4)21)16(12)28-15(10)18(24)27-7-3/h5-8,19H2,1-4H3. The van der Waals surface area contributed by atoms with Gasteiger partial charge < -0.3 is 19.9 Å². The molecular formula is C18H22N2O7S. The van der Waals surface area contributed by atoms with Gasteiger partial charge in [0.2, 0.25) is 5.91 Å². The van der Waals surface area contributed by atoms with Crippen LogP contribution in [-0.2, 0) is 25.4 Å². The molecule has 0 unspecified atom stereocenters. The lowest BCUT2D eigenvalue weighted by Crippen LogP contribution is -2.17. The second-order valence-electron chi connectivity index (χ2n) is 5.63. The predicted octanol–water partition coefficient (Wildman–Crippen LogP) is 2.40. The Labute approximate surface area is 165 Å². The molecule has 0 saturated heterocycles. The Kier molecular flexibility index (Phi) is 6.79. The summed E-state index contributed by atoms with van der Waals surface area (Å²) in [5.74, 6) is -2.46. The van der Waals surface area contributed by atoms with E-state index >= 15 is 0 Å². The van der Waals surface area contributed by atoms with Gasteiger partial charge in [-0.15, -0.1) is 11.3 Å². The molecule has 0 aromatic carbocycles. The van der Waals surface area contributed by atoms with E-state index in [1.165, 1.54) is 6.92 Å². The number of aromatic nitrogens is 1. The van der Waals surface area contributed by atoms with Crippen LogP contribution in [0.5, 0.6) is 0 Å². The molecule has 152 valence electrons. The fourth-order valence-electron chi connectivity index (χ4n) is 2.82. The molecule has 2 aromatic heterocycles. The zero-order valence-corrected chi connectivity index (χ0v) is 16.9. The molecule has 28 heavy (non-hydrogen) atoms. The summed E-state index contributed by atoms with van der Waals surface area (Å²) >= 11 is 0.930. The van der Waals surface area contributed by atoms with E-state index < -0.39 is 23.8 Å². The van der Waals surface area contributed by atoms with E-state index in [4.69, 9.17) is 19.9 Å². The minimum atomic E-state index is -0.765. The number of esters is 3. The van der Waals surface area contributed by atoms with Crippen LogP contribution in [0, 0.1) is 0 Å². The van der Waals surface area contributed by atoms with Crippen molar-refractivity contribution in [3.8, 4) is 0 Å². The molecule has 0 fully saturated rings. The summed E-state index contributed by atoms with van der Waals surface area (Å²) in [7, 11) is 0. The molecule has 9 nitrogen and oxygen atoms in total. The number of rotatable bonds is 7. The largest absolute Gasteiger partial charge is 0.466 e. The highest BCUT2D eigenvalue weighted by Crippen LogP contribution is 2.40. The summed E-state index contributed by atoms with van der Waals surface area (Å²) in [5.41, 5.74) is 6.28. The third-order valence-electron chi connectivity index (χ3n) is 3.81. The van der Waals surface area contributed by atoms with Gasteiger partial charge in [0.1, 0.15) is 9.71 Å². The van der Waals surface area contributed by atoms with E-state index in [2.05, 4.69) is 0 Å². The number of thiophene rings is 1. The molecule has 2 aromatic rings. The van der Waals surface area contributed by atoms with E-state index in [1.54, 1.807) is 20.8 Å². The van der Waals surface area contributed by atoms with Crippen LogP contribution in [0.3, 0.4) is 0 Å². The second kappa shape index (κ2) is 8.87. The van der Waals surface area contributed by atoms with Gasteiger partial charge in [-0.1, -0.05) is 0 Å². The van der Waals surface area contributed by atoms with Crippen molar-refractivity contribution in [3.63, 3.8) is 0 Å². The van der Waals surface area contributed by atoms with Gasteiger partial charge in [-0.3, -0.25) is 14.2 Å². The van der Waals surface area contributed by atoms with E-state index in [0.717, 1.165) is 15.9 Å². The molecule has 0 bridgehead atoms. The monoisotopic (exact) mass is 410 g/mol. The van der Waals surface area contributed by atoms with E-state index in [9.17, 15) is 19.2 Å². The van der Waals surface area contributed by atoms with Gasteiger partial charge in [-0.2, -0.15) is 0 Å². The molecule has 10 heteroatoms. The van der Waals surface area contributed by atoms with Crippen molar-refractivity contribution >= 4 is 51.1 Å². The summed E-state index contributed by atoms with van der Waals surface area (Å²) in [4.78, 5) is 49.5. The number of ether oxygens (including phenoxy) is 3. The predicted molar refractivity (Wildman–Crippen MR) is 103 cm³/mol. The molecule has 0 aliphatic heterocycles. The fourth-order valence-corrected chi connectivity index (χ4v) is 4.09. The first kappa shape index (κ1) is 21.4. The lowest BCUT2D eigenvalue weighted by molar-refractivity contribution is -0.142. The SMILES string of the molecule is CCOC(=O)Cc1c(C(=O)OCC)sc2c1c(N)c(C(=O)OCC)n2C(C)=O. The first-order valence-electron chi connectivity index (χ1n) is 8.74. The van der Waals surface area contributed by atoms with Crippen molar-refractivity contribution in [3.05, 3.63) is 16.1 Å². The van der Waals surface area contributed by atoms with Crippen LogP contribution in [0.2, 0.25) is 0 Å². The number of carbonyl (C=O) groups is 4. The van der Waals surface area contributed by atoms with Gasteiger partial charge in [0, 0.05) is 17.9 Å². The van der Waals surface area contributed by atoms with Crippen molar-refractivity contribution < 1.29 is 33.4 Å². The quantitative estimate of drug-likeness (QED) is 0.544. The molecule has 0 radical (unpaired) electrons. The van der Waals surface area contributed by atoms with Gasteiger partial charge in [-0.25, -0.2) is 9.59 Å². The minimum absolute atomic E-state index is 0.0326. The number of hydrogen-bond acceptors (Lipinski definition) is 9. The molecule has 0 saturated carbocycles. The van der Waals surface area contributed by atoms with Crippen LogP contribution in [0.4, 0.5) is 5.69 Å². The Morgan fingerprint density at radius 1 is 0.964 bits per heavy atom. The highest BCUT2D eigenvalue weighted by molar-refractivity contribution is 7.21. The smallest absolute Gasteiger partial charge is 0.357 e. The van der Waals surface area contributed by atoms with Crippen LogP contribution >= 0.6 is 11.3 Å². The average Bonchev–Trinajstić information content (AvgIpc) is 3.11. The summed E-state index contributed by atoms with van der Waals surface area (Å²) < 4.78 is 16.1. The van der Waals surface area contributed by atoms with Crippen molar-refractivity contribution in [2.45, 2.75) is 34.1 Å². The third-order valence-corrected chi connectivity index (χ3v) is 5.01. The van der Waals surface area contributed by atoms with Gasteiger partial charge in [0.15, 0.2) is 5.69 Å². The Balaban J connectivity index is 2.80. The first-order chi connectivity index (χ1) is 13.3. The fraction of sp³-hybridized carbons (Fsp3) is 0.444. The Bertz CT molecular complexity index is 942. The number of carbonyl (C=O) groups excluding carboxylic acids is 4. The van der Waals surface area contributed by atoms with Crippen LogP contribution in [0.15, 0.2) is 0 Å². The van der Waals surface area contributed by atoms with E-state index in [0.29, 0.717) is 0 Å². The van der Waals surface area contributed by atoms with Gasteiger partial charge in [0.25, 0.3) is 0 Å². The zero-order chi connectivity index (χ0) is 21.0. The number of fused-ring (bicyclic) bond motifs is 1. The number of nitrogen functional groups attached to an aromatic ring is 1. The van der Waals surface area contributed by atoms with Crippen LogP contribution in [0.1, 0.15) is 58.2 Å². The number of nitrogens with two attached hydrogens (primary N) is 1. The summed E-state index contributed by atoms with van der Waals surface area (Å²) in [6, 6.07) is 0. The maximum Gasteiger partial charge on any atom is 0.357 e. The second-order valence-corrected chi connectivity index (χ2v) is 6.63. The lowest BCUT2D eigenvalue weighted by Gasteiger charge is -2.08. The highest BCUT2D eigenvalue weighted by Gasteiger charge is 2.32. The molecule has 2 rings (SSSR count). The Morgan fingerprint density at radius 3 is 2.07 bits per heavy atom. The van der Waals surface area contributed by atoms with Crippen molar-refractivity contribution in [2.24, 2.45) is 0 Å². The van der Waals surface area contributed by atoms with Gasteiger partial charge >= 0.3 is 17.9 Å². The molecule has 2 N–H and O–H groups in total. The summed E-state index contributed by atoms with van der Waals surface area (Å²) in [6.07, 6.45) is -0.254. The summed E-state index contributed by atoms with van der Waals surface area (Å²) in [6.45, 7) is 6.60. The molecule has 2 heterocycles. The number of nitrogens with zero attached hydrogens (tertiary/aromatic N) is 1. The normalized spacial score (nSPS) is 10.7. The topological polar surface area (TPSA) is 127 Å². The van der Waals surface area contributed by atoms with E-state index in [1.807, 2.05) is 0 Å². The third kappa shape index (κ3) is 3.86. The van der Waals surface area contributed by atoms with Crippen LogP contribution < -0.4 is 5.73 Å². The van der Waals surface area contributed by atoms with Gasteiger partial charge in [-0.05, 0) is 20.8 Å². The molecule has 0 spiro atoms. The average molecular weight is 410 g/mol. The molecule has 0 aliphatic carbocycles.